The van der Waals surface area contributed by atoms with Crippen LogP contribution in [0.3, 0.4) is 0 Å². The lowest BCUT2D eigenvalue weighted by Gasteiger charge is -2.11. The molecule has 0 spiro atoms. The first kappa shape index (κ1) is 15.5. The lowest BCUT2D eigenvalue weighted by Crippen LogP contribution is -2.02. The SMILES string of the molecule is O=C1Cc2ccc(-c3cccc(Cl)c3)cc2Oc2cc(O)cc(O)c21. The molecule has 0 saturated carbocycles. The number of ketones is 1. The number of hydrogen-bond acceptors (Lipinski definition) is 4. The molecule has 5 heteroatoms. The average Bonchev–Trinajstić information content (AvgIpc) is 2.69. The summed E-state index contributed by atoms with van der Waals surface area (Å²) in [6, 6.07) is 15.4. The van der Waals surface area contributed by atoms with Crippen molar-refractivity contribution in [1.82, 2.24) is 0 Å². The quantitative estimate of drug-likeness (QED) is 0.650. The van der Waals surface area contributed by atoms with Gasteiger partial charge in [-0.2, -0.15) is 0 Å². The van der Waals surface area contributed by atoms with E-state index in [1.807, 2.05) is 36.4 Å². The fourth-order valence-corrected chi connectivity index (χ4v) is 3.16. The largest absolute Gasteiger partial charge is 0.508 e. The third kappa shape index (κ3) is 2.81. The smallest absolute Gasteiger partial charge is 0.174 e. The molecule has 0 bridgehead atoms. The standard InChI is InChI=1S/C20H13ClO4/c21-14-3-1-2-11(6-14)12-4-5-13-7-16(23)20-17(24)9-15(22)10-19(20)25-18(13)8-12/h1-6,8-10,22,24H,7H2. The van der Waals surface area contributed by atoms with Crippen LogP contribution in [0.25, 0.3) is 11.1 Å². The molecular formula is C20H13ClO4. The zero-order valence-electron chi connectivity index (χ0n) is 13.0. The number of carbonyl (C=O) groups is 1. The van der Waals surface area contributed by atoms with E-state index in [0.29, 0.717) is 16.3 Å². The summed E-state index contributed by atoms with van der Waals surface area (Å²) in [7, 11) is 0. The van der Waals surface area contributed by atoms with Crippen molar-refractivity contribution in [3.63, 3.8) is 0 Å². The van der Waals surface area contributed by atoms with Crippen molar-refractivity contribution in [3.8, 4) is 34.1 Å². The second-order valence-corrected chi connectivity index (χ2v) is 6.31. The molecular weight excluding hydrogens is 340 g/mol. The number of halogens is 1. The van der Waals surface area contributed by atoms with Crippen LogP contribution in [0, 0.1) is 0 Å². The molecule has 25 heavy (non-hydrogen) atoms. The number of phenolic OH excluding ortho intramolecular Hbond substituents is 2. The summed E-state index contributed by atoms with van der Waals surface area (Å²) in [5, 5.41) is 20.3. The highest BCUT2D eigenvalue weighted by Gasteiger charge is 2.25. The summed E-state index contributed by atoms with van der Waals surface area (Å²) in [4.78, 5) is 12.5. The molecule has 0 aliphatic carbocycles. The van der Waals surface area contributed by atoms with Crippen molar-refractivity contribution in [2.75, 3.05) is 0 Å². The summed E-state index contributed by atoms with van der Waals surface area (Å²) in [6.45, 7) is 0. The molecule has 0 amide bonds. The van der Waals surface area contributed by atoms with Crippen molar-refractivity contribution >= 4 is 17.4 Å². The van der Waals surface area contributed by atoms with Crippen LogP contribution in [0.5, 0.6) is 23.0 Å². The maximum Gasteiger partial charge on any atom is 0.174 e. The van der Waals surface area contributed by atoms with E-state index in [1.54, 1.807) is 6.07 Å². The fourth-order valence-electron chi connectivity index (χ4n) is 2.97. The van der Waals surface area contributed by atoms with E-state index in [2.05, 4.69) is 0 Å². The molecule has 0 fully saturated rings. The van der Waals surface area contributed by atoms with E-state index in [-0.39, 0.29) is 35.0 Å². The van der Waals surface area contributed by atoms with Crippen molar-refractivity contribution in [2.45, 2.75) is 6.42 Å². The van der Waals surface area contributed by atoms with E-state index >= 15 is 0 Å². The van der Waals surface area contributed by atoms with E-state index < -0.39 is 0 Å². The molecule has 124 valence electrons. The predicted molar refractivity (Wildman–Crippen MR) is 94.8 cm³/mol. The Bertz CT molecular complexity index is 1010. The van der Waals surface area contributed by atoms with Crippen molar-refractivity contribution in [1.29, 1.82) is 0 Å². The highest BCUT2D eigenvalue weighted by Crippen LogP contribution is 2.41. The number of phenols is 2. The number of aromatic hydroxyl groups is 2. The minimum Gasteiger partial charge on any atom is -0.508 e. The Hall–Kier alpha value is -2.98. The van der Waals surface area contributed by atoms with Gasteiger partial charge in [0.15, 0.2) is 5.78 Å². The van der Waals surface area contributed by atoms with Crippen LogP contribution in [-0.4, -0.2) is 16.0 Å². The topological polar surface area (TPSA) is 66.8 Å². The third-order valence-corrected chi connectivity index (χ3v) is 4.38. The number of hydrogen-bond donors (Lipinski definition) is 2. The van der Waals surface area contributed by atoms with Gasteiger partial charge in [-0.3, -0.25) is 4.79 Å². The second-order valence-electron chi connectivity index (χ2n) is 5.87. The molecule has 1 aliphatic rings. The summed E-state index contributed by atoms with van der Waals surface area (Å²) in [5.41, 5.74) is 2.61. The molecule has 3 aromatic carbocycles. The van der Waals surface area contributed by atoms with Crippen LogP contribution in [-0.2, 0) is 6.42 Å². The van der Waals surface area contributed by atoms with E-state index in [4.69, 9.17) is 16.3 Å². The van der Waals surface area contributed by atoms with Gasteiger partial charge in [0.05, 0.1) is 0 Å². The summed E-state index contributed by atoms with van der Waals surface area (Å²) >= 11 is 6.05. The number of Topliss-reactive ketones (excluding diaryl/α,β-unsaturated/α-hetero) is 1. The summed E-state index contributed by atoms with van der Waals surface area (Å²) in [5.74, 6) is -0.0674. The number of rotatable bonds is 1. The maximum absolute atomic E-state index is 12.5. The minimum absolute atomic E-state index is 0.0818. The van der Waals surface area contributed by atoms with Gasteiger partial charge in [-0.05, 0) is 29.3 Å². The molecule has 4 rings (SSSR count). The van der Waals surface area contributed by atoms with Crippen LogP contribution >= 0.6 is 11.6 Å². The van der Waals surface area contributed by atoms with Gasteiger partial charge < -0.3 is 14.9 Å². The number of fused-ring (bicyclic) bond motifs is 2. The number of ether oxygens (including phenoxy) is 1. The van der Waals surface area contributed by atoms with Gasteiger partial charge in [0.1, 0.15) is 28.6 Å². The highest BCUT2D eigenvalue weighted by atomic mass is 35.5. The molecule has 0 saturated heterocycles. The zero-order chi connectivity index (χ0) is 17.6. The van der Waals surface area contributed by atoms with Gasteiger partial charge >= 0.3 is 0 Å². The molecule has 0 aromatic heterocycles. The molecule has 0 radical (unpaired) electrons. The summed E-state index contributed by atoms with van der Waals surface area (Å²) < 4.78 is 5.85. The Kier molecular flexibility index (Phi) is 3.62. The Morgan fingerprint density at radius 3 is 2.52 bits per heavy atom. The van der Waals surface area contributed by atoms with Crippen LogP contribution < -0.4 is 4.74 Å². The normalized spacial score (nSPS) is 12.8. The Morgan fingerprint density at radius 2 is 1.72 bits per heavy atom. The zero-order valence-corrected chi connectivity index (χ0v) is 13.7. The molecule has 0 unspecified atom stereocenters. The van der Waals surface area contributed by atoms with Crippen LogP contribution in [0.15, 0.2) is 54.6 Å². The lowest BCUT2D eigenvalue weighted by atomic mass is 9.99. The molecule has 2 N–H and O–H groups in total. The second kappa shape index (κ2) is 5.83. The van der Waals surface area contributed by atoms with Crippen LogP contribution in [0.2, 0.25) is 5.02 Å². The van der Waals surface area contributed by atoms with Gasteiger partial charge in [0.2, 0.25) is 0 Å². The first-order chi connectivity index (χ1) is 12.0. The lowest BCUT2D eigenvalue weighted by molar-refractivity contribution is 0.0991. The molecule has 0 atom stereocenters. The van der Waals surface area contributed by atoms with Gasteiger partial charge in [0.25, 0.3) is 0 Å². The van der Waals surface area contributed by atoms with Gasteiger partial charge in [-0.25, -0.2) is 0 Å². The molecule has 4 nitrogen and oxygen atoms in total. The molecule has 1 heterocycles. The summed E-state index contributed by atoms with van der Waals surface area (Å²) in [6.07, 6.45) is 0.108. The van der Waals surface area contributed by atoms with Crippen LogP contribution in [0.4, 0.5) is 0 Å². The van der Waals surface area contributed by atoms with Crippen molar-refractivity contribution in [2.24, 2.45) is 0 Å². The van der Waals surface area contributed by atoms with E-state index in [9.17, 15) is 15.0 Å². The van der Waals surface area contributed by atoms with Crippen molar-refractivity contribution < 1.29 is 19.7 Å². The fraction of sp³-hybridized carbons (Fsp3) is 0.0500. The van der Waals surface area contributed by atoms with Gasteiger partial charge in [0, 0.05) is 29.1 Å². The first-order valence-corrected chi connectivity index (χ1v) is 8.05. The molecule has 3 aromatic rings. The van der Waals surface area contributed by atoms with E-state index in [1.165, 1.54) is 6.07 Å². The van der Waals surface area contributed by atoms with Gasteiger partial charge in [-0.1, -0.05) is 35.9 Å². The van der Waals surface area contributed by atoms with Crippen LogP contribution in [0.1, 0.15) is 15.9 Å². The maximum atomic E-state index is 12.5. The van der Waals surface area contributed by atoms with E-state index in [0.717, 1.165) is 17.2 Å². The van der Waals surface area contributed by atoms with Gasteiger partial charge in [-0.15, -0.1) is 0 Å². The highest BCUT2D eigenvalue weighted by molar-refractivity contribution is 6.30. The Labute approximate surface area is 148 Å². The Balaban J connectivity index is 1.84. The Morgan fingerprint density at radius 1 is 0.920 bits per heavy atom. The predicted octanol–water partition coefficient (Wildman–Crippen LogP) is 4.95. The third-order valence-electron chi connectivity index (χ3n) is 4.14. The monoisotopic (exact) mass is 352 g/mol. The minimum atomic E-state index is -0.289. The molecule has 1 aliphatic heterocycles. The average molecular weight is 353 g/mol. The number of benzene rings is 3. The van der Waals surface area contributed by atoms with Crippen molar-refractivity contribution in [3.05, 3.63) is 70.7 Å². The number of carbonyl (C=O) groups excluding carboxylic acids is 1. The first-order valence-electron chi connectivity index (χ1n) is 7.67.